The maximum absolute atomic E-state index is 5.71. The van der Waals surface area contributed by atoms with Gasteiger partial charge in [-0.3, -0.25) is 4.99 Å². The van der Waals surface area contributed by atoms with Gasteiger partial charge in [0.05, 0.1) is 19.8 Å². The molecule has 1 atom stereocenters. The van der Waals surface area contributed by atoms with E-state index >= 15 is 0 Å². The fourth-order valence-corrected chi connectivity index (χ4v) is 3.44. The van der Waals surface area contributed by atoms with Gasteiger partial charge in [0, 0.05) is 39.2 Å². The van der Waals surface area contributed by atoms with E-state index in [1.807, 2.05) is 0 Å². The molecule has 1 fully saturated rings. The van der Waals surface area contributed by atoms with Crippen molar-refractivity contribution in [2.24, 2.45) is 10.9 Å². The van der Waals surface area contributed by atoms with Crippen LogP contribution >= 0.6 is 24.0 Å². The van der Waals surface area contributed by atoms with Gasteiger partial charge >= 0.3 is 0 Å². The third kappa shape index (κ3) is 9.22. The van der Waals surface area contributed by atoms with Crippen molar-refractivity contribution in [1.82, 2.24) is 10.2 Å². The van der Waals surface area contributed by atoms with Crippen molar-refractivity contribution >= 4 is 29.9 Å². The minimum atomic E-state index is 0. The van der Waals surface area contributed by atoms with Crippen LogP contribution in [0.5, 0.6) is 0 Å². The van der Waals surface area contributed by atoms with Gasteiger partial charge in [-0.1, -0.05) is 45.0 Å². The molecule has 0 aromatic heterocycles. The summed E-state index contributed by atoms with van der Waals surface area (Å²) in [6.07, 6.45) is 2.13. The van der Waals surface area contributed by atoms with Crippen molar-refractivity contribution in [3.63, 3.8) is 0 Å². The maximum Gasteiger partial charge on any atom is 0.193 e. The van der Waals surface area contributed by atoms with Gasteiger partial charge in [0.2, 0.25) is 0 Å². The first kappa shape index (κ1) is 26.2. The summed E-state index contributed by atoms with van der Waals surface area (Å²) in [6.45, 7) is 14.8. The molecule has 0 amide bonds. The molecular weight excluding hydrogens is 477 g/mol. The topological polar surface area (TPSA) is 46.1 Å². The Morgan fingerprint density at radius 1 is 1.21 bits per heavy atom. The number of aliphatic imine (C=N–C) groups is 1. The molecule has 2 rings (SSSR count). The normalized spacial score (nSPS) is 17.3. The highest BCUT2D eigenvalue weighted by Crippen LogP contribution is 2.22. The minimum absolute atomic E-state index is 0. The van der Waals surface area contributed by atoms with Gasteiger partial charge in [-0.2, -0.15) is 0 Å². The van der Waals surface area contributed by atoms with Crippen LogP contribution in [-0.2, 0) is 21.3 Å². The van der Waals surface area contributed by atoms with Crippen LogP contribution in [0.1, 0.15) is 45.2 Å². The maximum atomic E-state index is 5.71. The number of hydrogen-bond acceptors (Lipinski definition) is 3. The molecule has 166 valence electrons. The minimum Gasteiger partial charge on any atom is -0.382 e. The number of nitrogens with one attached hydrogen (secondary N) is 1. The molecule has 29 heavy (non-hydrogen) atoms. The van der Waals surface area contributed by atoms with Gasteiger partial charge in [0.1, 0.15) is 0 Å². The number of rotatable bonds is 9. The van der Waals surface area contributed by atoms with E-state index < -0.39 is 0 Å². The van der Waals surface area contributed by atoms with Crippen LogP contribution in [-0.4, -0.2) is 64.0 Å². The number of hydrogen-bond donors (Lipinski definition) is 1. The molecular formula is C23H40IN3O2. The molecule has 0 bridgehead atoms. The van der Waals surface area contributed by atoms with Crippen LogP contribution in [0.2, 0.25) is 0 Å². The Hall–Kier alpha value is -0.860. The second-order valence-electron chi connectivity index (χ2n) is 8.60. The highest BCUT2D eigenvalue weighted by atomic mass is 127. The van der Waals surface area contributed by atoms with E-state index in [1.54, 1.807) is 7.11 Å². The molecule has 1 aliphatic heterocycles. The first-order valence-electron chi connectivity index (χ1n) is 10.6. The highest BCUT2D eigenvalue weighted by molar-refractivity contribution is 14.0. The summed E-state index contributed by atoms with van der Waals surface area (Å²) in [5, 5.41) is 3.45. The number of likely N-dealkylation sites (tertiary alicyclic amines) is 1. The highest BCUT2D eigenvalue weighted by Gasteiger charge is 2.24. The number of methoxy groups -OCH3 is 1. The first-order chi connectivity index (χ1) is 13.4. The lowest BCUT2D eigenvalue weighted by atomic mass is 9.86. The van der Waals surface area contributed by atoms with Crippen LogP contribution in [0.25, 0.3) is 0 Å². The Kier molecular flexibility index (Phi) is 12.1. The second kappa shape index (κ2) is 13.4. The average Bonchev–Trinajstić information content (AvgIpc) is 3.13. The largest absolute Gasteiger partial charge is 0.382 e. The Morgan fingerprint density at radius 3 is 2.55 bits per heavy atom. The molecule has 0 spiro atoms. The standard InChI is InChI=1S/C23H39N3O2.HI/c1-6-24-22(26-14-12-20(17-26)18-28-16-15-27-5)25-13-11-19-7-9-21(10-8-19)23(2,3)4;/h7-10,20H,6,11-18H2,1-5H3,(H,24,25);1H. The molecule has 1 heterocycles. The molecule has 6 heteroatoms. The average molecular weight is 517 g/mol. The second-order valence-corrected chi connectivity index (χ2v) is 8.60. The van der Waals surface area contributed by atoms with E-state index in [-0.39, 0.29) is 29.4 Å². The van der Waals surface area contributed by atoms with Gasteiger partial charge in [0.15, 0.2) is 5.96 Å². The Labute approximate surface area is 194 Å². The van der Waals surface area contributed by atoms with Gasteiger partial charge in [-0.25, -0.2) is 0 Å². The zero-order chi connectivity index (χ0) is 20.4. The van der Waals surface area contributed by atoms with Gasteiger partial charge in [0.25, 0.3) is 0 Å². The van der Waals surface area contributed by atoms with Crippen molar-refractivity contribution in [2.75, 3.05) is 53.1 Å². The van der Waals surface area contributed by atoms with Crippen molar-refractivity contribution in [3.05, 3.63) is 35.4 Å². The predicted molar refractivity (Wildman–Crippen MR) is 133 cm³/mol. The molecule has 1 saturated heterocycles. The number of guanidine groups is 1. The molecule has 0 aliphatic carbocycles. The summed E-state index contributed by atoms with van der Waals surface area (Å²) in [6, 6.07) is 8.98. The van der Waals surface area contributed by atoms with E-state index in [1.165, 1.54) is 11.1 Å². The van der Waals surface area contributed by atoms with Crippen LogP contribution in [0.15, 0.2) is 29.3 Å². The molecule has 0 radical (unpaired) electrons. The summed E-state index contributed by atoms with van der Waals surface area (Å²) < 4.78 is 10.7. The monoisotopic (exact) mass is 517 g/mol. The quantitative estimate of drug-likeness (QED) is 0.232. The SMILES string of the molecule is CCNC(=NCCc1ccc(C(C)(C)C)cc1)N1CCC(COCCOC)C1.I. The summed E-state index contributed by atoms with van der Waals surface area (Å²) >= 11 is 0. The van der Waals surface area contributed by atoms with Gasteiger partial charge in [-0.05, 0) is 36.3 Å². The molecule has 0 saturated carbocycles. The van der Waals surface area contributed by atoms with E-state index in [0.717, 1.165) is 51.6 Å². The predicted octanol–water partition coefficient (Wildman–Crippen LogP) is 4.10. The third-order valence-corrected chi connectivity index (χ3v) is 5.19. The fraction of sp³-hybridized carbons (Fsp3) is 0.696. The molecule has 1 unspecified atom stereocenters. The van der Waals surface area contributed by atoms with E-state index in [4.69, 9.17) is 14.5 Å². The Balaban J connectivity index is 0.00000420. The van der Waals surface area contributed by atoms with Gasteiger partial charge < -0.3 is 19.7 Å². The number of nitrogens with zero attached hydrogens (tertiary/aromatic N) is 2. The van der Waals surface area contributed by atoms with Crippen molar-refractivity contribution in [3.8, 4) is 0 Å². The number of halogens is 1. The molecule has 1 aliphatic rings. The van der Waals surface area contributed by atoms with Crippen LogP contribution in [0, 0.1) is 5.92 Å². The van der Waals surface area contributed by atoms with E-state index in [9.17, 15) is 0 Å². The molecule has 1 aromatic carbocycles. The van der Waals surface area contributed by atoms with E-state index in [0.29, 0.717) is 19.1 Å². The number of benzene rings is 1. The Morgan fingerprint density at radius 2 is 1.93 bits per heavy atom. The zero-order valence-electron chi connectivity index (χ0n) is 18.9. The molecule has 1 aromatic rings. The van der Waals surface area contributed by atoms with E-state index in [2.05, 4.69) is 62.2 Å². The lowest BCUT2D eigenvalue weighted by Gasteiger charge is -2.22. The molecule has 1 N–H and O–H groups in total. The lowest BCUT2D eigenvalue weighted by Crippen LogP contribution is -2.40. The fourth-order valence-electron chi connectivity index (χ4n) is 3.44. The van der Waals surface area contributed by atoms with Crippen molar-refractivity contribution in [1.29, 1.82) is 0 Å². The summed E-state index contributed by atoms with van der Waals surface area (Å²) in [7, 11) is 1.71. The third-order valence-electron chi connectivity index (χ3n) is 5.19. The van der Waals surface area contributed by atoms with Crippen LogP contribution in [0.3, 0.4) is 0 Å². The van der Waals surface area contributed by atoms with Gasteiger partial charge in [-0.15, -0.1) is 24.0 Å². The lowest BCUT2D eigenvalue weighted by molar-refractivity contribution is 0.0536. The summed E-state index contributed by atoms with van der Waals surface area (Å²) in [4.78, 5) is 7.25. The van der Waals surface area contributed by atoms with Crippen LogP contribution < -0.4 is 5.32 Å². The summed E-state index contributed by atoms with van der Waals surface area (Å²) in [5.41, 5.74) is 2.93. The molecule has 5 nitrogen and oxygen atoms in total. The first-order valence-corrected chi connectivity index (χ1v) is 10.6. The zero-order valence-corrected chi connectivity index (χ0v) is 21.2. The van der Waals surface area contributed by atoms with Crippen molar-refractivity contribution < 1.29 is 9.47 Å². The Bertz CT molecular complexity index is 599. The summed E-state index contributed by atoms with van der Waals surface area (Å²) in [5.74, 6) is 1.61. The van der Waals surface area contributed by atoms with Crippen LogP contribution in [0.4, 0.5) is 0 Å². The smallest absolute Gasteiger partial charge is 0.193 e. The number of ether oxygens (including phenoxy) is 2. The van der Waals surface area contributed by atoms with Crippen molar-refractivity contribution in [2.45, 2.75) is 46.0 Å².